The molecule has 1 saturated heterocycles. The second kappa shape index (κ2) is 8.76. The first kappa shape index (κ1) is 20.9. The number of likely N-dealkylation sites (tertiary alicyclic amines) is 1. The van der Waals surface area contributed by atoms with Crippen LogP contribution in [0.4, 0.5) is 0 Å². The molecule has 5 heteroatoms. The Morgan fingerprint density at radius 2 is 1.97 bits per heavy atom. The summed E-state index contributed by atoms with van der Waals surface area (Å²) in [6, 6.07) is 15.4. The van der Waals surface area contributed by atoms with E-state index >= 15 is 0 Å². The average molecular weight is 409 g/mol. The molecule has 2 aliphatic rings. The van der Waals surface area contributed by atoms with Gasteiger partial charge in [0.05, 0.1) is 11.7 Å². The van der Waals surface area contributed by atoms with Crippen molar-refractivity contribution < 1.29 is 14.6 Å². The standard InChI is InChI=1S/C25H32N2O3/c1-3-18(2)30-23-15-9-13-21(26-23)24(28)27-17-16-25(29,19-10-5-4-6-11-19)20-12-7-8-14-22(20)27/h4-6,9-11,13,15,18,20,22,29H,3,7-8,12,14,16-17H2,1-2H3. The summed E-state index contributed by atoms with van der Waals surface area (Å²) in [6.45, 7) is 4.59. The molecule has 1 saturated carbocycles. The minimum absolute atomic E-state index is 0.0335. The first-order chi connectivity index (χ1) is 14.5. The first-order valence-electron chi connectivity index (χ1n) is 11.3. The molecule has 1 aromatic heterocycles. The van der Waals surface area contributed by atoms with Crippen molar-refractivity contribution in [2.24, 2.45) is 5.92 Å². The van der Waals surface area contributed by atoms with E-state index in [-0.39, 0.29) is 24.0 Å². The second-order valence-corrected chi connectivity index (χ2v) is 8.69. The number of amides is 1. The lowest BCUT2D eigenvalue weighted by molar-refractivity contribution is -0.110. The van der Waals surface area contributed by atoms with E-state index in [0.717, 1.165) is 37.7 Å². The predicted molar refractivity (Wildman–Crippen MR) is 116 cm³/mol. The van der Waals surface area contributed by atoms with Crippen LogP contribution in [0.3, 0.4) is 0 Å². The molecule has 30 heavy (non-hydrogen) atoms. The van der Waals surface area contributed by atoms with Crippen molar-refractivity contribution in [3.05, 3.63) is 59.8 Å². The fraction of sp³-hybridized carbons (Fsp3) is 0.520. The van der Waals surface area contributed by atoms with E-state index in [9.17, 15) is 9.90 Å². The molecule has 1 aromatic carbocycles. The molecule has 1 aliphatic carbocycles. The smallest absolute Gasteiger partial charge is 0.272 e. The van der Waals surface area contributed by atoms with Crippen LogP contribution in [-0.2, 0) is 5.60 Å². The van der Waals surface area contributed by atoms with E-state index in [1.54, 1.807) is 12.1 Å². The van der Waals surface area contributed by atoms with Crippen LogP contribution in [0.25, 0.3) is 0 Å². The number of aromatic nitrogens is 1. The molecule has 2 fully saturated rings. The van der Waals surface area contributed by atoms with Crippen LogP contribution in [0.2, 0.25) is 0 Å². The predicted octanol–water partition coefficient (Wildman–Crippen LogP) is 4.55. The number of fused-ring (bicyclic) bond motifs is 1. The van der Waals surface area contributed by atoms with E-state index in [1.165, 1.54) is 0 Å². The molecule has 0 bridgehead atoms. The molecular weight excluding hydrogens is 376 g/mol. The van der Waals surface area contributed by atoms with Gasteiger partial charge in [0, 0.05) is 24.6 Å². The lowest BCUT2D eigenvalue weighted by Crippen LogP contribution is -2.59. The molecule has 4 rings (SSSR count). The van der Waals surface area contributed by atoms with Gasteiger partial charge >= 0.3 is 0 Å². The average Bonchev–Trinajstić information content (AvgIpc) is 2.80. The van der Waals surface area contributed by atoms with E-state index < -0.39 is 5.60 Å². The number of aliphatic hydroxyl groups is 1. The van der Waals surface area contributed by atoms with Crippen molar-refractivity contribution in [1.82, 2.24) is 9.88 Å². The molecule has 0 spiro atoms. The Morgan fingerprint density at radius 3 is 2.73 bits per heavy atom. The third-order valence-electron chi connectivity index (χ3n) is 6.85. The number of pyridine rings is 1. The topological polar surface area (TPSA) is 62.7 Å². The molecule has 5 nitrogen and oxygen atoms in total. The van der Waals surface area contributed by atoms with Gasteiger partial charge in [-0.15, -0.1) is 0 Å². The maximum Gasteiger partial charge on any atom is 0.272 e. The van der Waals surface area contributed by atoms with E-state index in [4.69, 9.17) is 4.74 Å². The zero-order valence-corrected chi connectivity index (χ0v) is 18.0. The number of hydrogen-bond acceptors (Lipinski definition) is 4. The van der Waals surface area contributed by atoms with E-state index in [1.807, 2.05) is 48.2 Å². The Morgan fingerprint density at radius 1 is 1.20 bits per heavy atom. The Kier molecular flexibility index (Phi) is 6.09. The lowest BCUT2D eigenvalue weighted by Gasteiger charge is -2.52. The van der Waals surface area contributed by atoms with Crippen molar-refractivity contribution in [2.45, 2.75) is 70.1 Å². The van der Waals surface area contributed by atoms with Crippen molar-refractivity contribution in [2.75, 3.05) is 6.54 Å². The Balaban J connectivity index is 1.59. The molecule has 2 aromatic rings. The van der Waals surface area contributed by atoms with Crippen LogP contribution in [0.15, 0.2) is 48.5 Å². The largest absolute Gasteiger partial charge is 0.475 e. The van der Waals surface area contributed by atoms with Gasteiger partial charge in [-0.2, -0.15) is 0 Å². The normalized spacial score (nSPS) is 27.2. The highest BCUT2D eigenvalue weighted by Gasteiger charge is 2.50. The summed E-state index contributed by atoms with van der Waals surface area (Å²) in [5.41, 5.74) is 0.513. The van der Waals surface area contributed by atoms with Gasteiger partial charge in [0.2, 0.25) is 5.88 Å². The van der Waals surface area contributed by atoms with Crippen LogP contribution >= 0.6 is 0 Å². The van der Waals surface area contributed by atoms with Crippen molar-refractivity contribution in [1.29, 1.82) is 0 Å². The second-order valence-electron chi connectivity index (χ2n) is 8.69. The Labute approximate surface area is 179 Å². The SMILES string of the molecule is CCC(C)Oc1cccc(C(=O)N2CCC(O)(c3ccccc3)C3CCCCC32)n1. The van der Waals surface area contributed by atoms with Crippen molar-refractivity contribution in [3.8, 4) is 5.88 Å². The molecule has 1 aliphatic heterocycles. The molecule has 0 radical (unpaired) electrons. The van der Waals surface area contributed by atoms with Crippen molar-refractivity contribution >= 4 is 5.91 Å². The van der Waals surface area contributed by atoms with E-state index in [0.29, 0.717) is 24.5 Å². The molecular formula is C25H32N2O3. The summed E-state index contributed by atoms with van der Waals surface area (Å²) in [4.78, 5) is 19.9. The highest BCUT2D eigenvalue weighted by molar-refractivity contribution is 5.92. The van der Waals surface area contributed by atoms with Crippen LogP contribution in [0.5, 0.6) is 5.88 Å². The molecule has 4 atom stereocenters. The Hall–Kier alpha value is -2.40. The van der Waals surface area contributed by atoms with Gasteiger partial charge in [0.25, 0.3) is 5.91 Å². The van der Waals surface area contributed by atoms with Gasteiger partial charge < -0.3 is 14.7 Å². The summed E-state index contributed by atoms with van der Waals surface area (Å²) in [7, 11) is 0. The summed E-state index contributed by atoms with van der Waals surface area (Å²) in [5.74, 6) is 0.482. The zero-order valence-electron chi connectivity index (χ0n) is 18.0. The molecule has 1 N–H and O–H groups in total. The van der Waals surface area contributed by atoms with Gasteiger partial charge in [-0.3, -0.25) is 4.79 Å². The first-order valence-corrected chi connectivity index (χ1v) is 11.3. The summed E-state index contributed by atoms with van der Waals surface area (Å²) in [6.07, 6.45) is 5.52. The summed E-state index contributed by atoms with van der Waals surface area (Å²) in [5, 5.41) is 11.7. The molecule has 160 valence electrons. The molecule has 2 heterocycles. The number of hydrogen-bond donors (Lipinski definition) is 1. The van der Waals surface area contributed by atoms with Crippen LogP contribution in [0.1, 0.15) is 68.4 Å². The highest BCUT2D eigenvalue weighted by atomic mass is 16.5. The monoisotopic (exact) mass is 408 g/mol. The lowest BCUT2D eigenvalue weighted by atomic mass is 9.66. The van der Waals surface area contributed by atoms with Gasteiger partial charge in [-0.05, 0) is 44.2 Å². The number of benzene rings is 1. The molecule has 4 unspecified atom stereocenters. The Bertz CT molecular complexity index is 872. The number of carbonyl (C=O) groups is 1. The number of carbonyl (C=O) groups excluding carboxylic acids is 1. The maximum atomic E-state index is 13.4. The number of nitrogens with zero attached hydrogens (tertiary/aromatic N) is 2. The van der Waals surface area contributed by atoms with Gasteiger partial charge in [-0.1, -0.05) is 56.2 Å². The quantitative estimate of drug-likeness (QED) is 0.788. The maximum absolute atomic E-state index is 13.4. The van der Waals surface area contributed by atoms with E-state index in [2.05, 4.69) is 11.9 Å². The van der Waals surface area contributed by atoms with Crippen LogP contribution < -0.4 is 4.74 Å². The number of rotatable bonds is 5. The summed E-state index contributed by atoms with van der Waals surface area (Å²) >= 11 is 0. The van der Waals surface area contributed by atoms with Gasteiger partial charge in [-0.25, -0.2) is 4.98 Å². The highest BCUT2D eigenvalue weighted by Crippen LogP contribution is 2.47. The number of ether oxygens (including phenoxy) is 1. The van der Waals surface area contributed by atoms with Crippen LogP contribution in [0, 0.1) is 5.92 Å². The minimum Gasteiger partial charge on any atom is -0.475 e. The minimum atomic E-state index is -0.877. The number of piperidine rings is 1. The summed E-state index contributed by atoms with van der Waals surface area (Å²) < 4.78 is 5.82. The third kappa shape index (κ3) is 3.95. The van der Waals surface area contributed by atoms with Crippen molar-refractivity contribution in [3.63, 3.8) is 0 Å². The van der Waals surface area contributed by atoms with Crippen LogP contribution in [-0.4, -0.2) is 39.6 Å². The van der Waals surface area contributed by atoms with Gasteiger partial charge in [0.15, 0.2) is 0 Å². The fourth-order valence-electron chi connectivity index (χ4n) is 5.06. The third-order valence-corrected chi connectivity index (χ3v) is 6.85. The molecule has 1 amide bonds. The van der Waals surface area contributed by atoms with Gasteiger partial charge in [0.1, 0.15) is 5.69 Å². The fourth-order valence-corrected chi connectivity index (χ4v) is 5.06. The zero-order chi connectivity index (χ0) is 21.1.